The Kier molecular flexibility index (Phi) is 5.26. The highest BCUT2D eigenvalue weighted by Crippen LogP contribution is 2.33. The molecule has 138 valence electrons. The first-order chi connectivity index (χ1) is 13.0. The predicted octanol–water partition coefficient (Wildman–Crippen LogP) is 3.35. The van der Waals surface area contributed by atoms with Gasteiger partial charge in [0.25, 0.3) is 0 Å². The summed E-state index contributed by atoms with van der Waals surface area (Å²) in [7, 11) is 2.60. The number of rotatable bonds is 5. The van der Waals surface area contributed by atoms with Crippen LogP contribution in [0.25, 0.3) is 16.9 Å². The number of carbonyl (C=O) groups is 2. The number of hydrogen-bond donors (Lipinski definition) is 1. The molecule has 1 heterocycles. The van der Waals surface area contributed by atoms with Crippen molar-refractivity contribution < 1.29 is 24.2 Å². The second-order valence-corrected chi connectivity index (χ2v) is 5.87. The van der Waals surface area contributed by atoms with Crippen molar-refractivity contribution >= 4 is 11.9 Å². The van der Waals surface area contributed by atoms with E-state index in [-0.39, 0.29) is 17.7 Å². The van der Waals surface area contributed by atoms with E-state index in [9.17, 15) is 14.7 Å². The van der Waals surface area contributed by atoms with Gasteiger partial charge in [-0.25, -0.2) is 4.79 Å². The first-order valence-corrected chi connectivity index (χ1v) is 8.29. The van der Waals surface area contributed by atoms with Gasteiger partial charge in [0.05, 0.1) is 31.9 Å². The van der Waals surface area contributed by atoms with Crippen molar-refractivity contribution in [2.75, 3.05) is 14.2 Å². The Morgan fingerprint density at radius 2 is 1.63 bits per heavy atom. The normalized spacial score (nSPS) is 10.4. The molecule has 27 heavy (non-hydrogen) atoms. The fourth-order valence-electron chi connectivity index (χ4n) is 2.95. The number of nitrogens with zero attached hydrogens (tertiary/aromatic N) is 1. The Hall–Kier alpha value is -3.54. The van der Waals surface area contributed by atoms with Crippen molar-refractivity contribution in [3.8, 4) is 22.7 Å². The van der Waals surface area contributed by atoms with Crippen LogP contribution in [-0.2, 0) is 20.7 Å². The van der Waals surface area contributed by atoms with E-state index in [4.69, 9.17) is 9.47 Å². The molecule has 2 aromatic carbocycles. The zero-order valence-corrected chi connectivity index (χ0v) is 15.0. The van der Waals surface area contributed by atoms with E-state index in [0.29, 0.717) is 11.3 Å². The van der Waals surface area contributed by atoms with Gasteiger partial charge in [0.1, 0.15) is 5.75 Å². The molecule has 0 radical (unpaired) electrons. The van der Waals surface area contributed by atoms with E-state index in [1.807, 2.05) is 34.9 Å². The molecule has 0 bridgehead atoms. The number of ether oxygens (including phenoxy) is 2. The van der Waals surface area contributed by atoms with E-state index in [1.54, 1.807) is 30.5 Å². The predicted molar refractivity (Wildman–Crippen MR) is 99.9 cm³/mol. The average molecular weight is 365 g/mol. The third kappa shape index (κ3) is 3.69. The fourth-order valence-corrected chi connectivity index (χ4v) is 2.95. The largest absolute Gasteiger partial charge is 0.508 e. The number of methoxy groups -OCH3 is 2. The lowest BCUT2D eigenvalue weighted by Crippen LogP contribution is -2.10. The molecule has 6 nitrogen and oxygen atoms in total. The molecule has 0 aliphatic rings. The van der Waals surface area contributed by atoms with Gasteiger partial charge in [0, 0.05) is 17.4 Å². The van der Waals surface area contributed by atoms with Crippen molar-refractivity contribution in [1.29, 1.82) is 0 Å². The van der Waals surface area contributed by atoms with E-state index in [0.717, 1.165) is 11.3 Å². The summed E-state index contributed by atoms with van der Waals surface area (Å²) in [4.78, 5) is 24.4. The van der Waals surface area contributed by atoms with Gasteiger partial charge < -0.3 is 19.1 Å². The molecule has 3 aromatic rings. The maximum atomic E-state index is 12.4. The Morgan fingerprint density at radius 1 is 0.963 bits per heavy atom. The number of phenolic OH excluding ortho intramolecular Hbond substituents is 1. The SMILES string of the molecule is COC(=O)Cc1c(C(=O)OC)cn(-c2ccccc2)c1-c1ccc(O)cc1. The highest BCUT2D eigenvalue weighted by Gasteiger charge is 2.25. The maximum absolute atomic E-state index is 12.4. The zero-order valence-electron chi connectivity index (χ0n) is 15.0. The van der Waals surface area contributed by atoms with E-state index in [1.165, 1.54) is 14.2 Å². The minimum absolute atomic E-state index is 0.0863. The number of hydrogen-bond acceptors (Lipinski definition) is 5. The summed E-state index contributed by atoms with van der Waals surface area (Å²) in [5.74, 6) is -0.881. The van der Waals surface area contributed by atoms with Crippen molar-refractivity contribution in [3.63, 3.8) is 0 Å². The van der Waals surface area contributed by atoms with Gasteiger partial charge in [-0.15, -0.1) is 0 Å². The van der Waals surface area contributed by atoms with Gasteiger partial charge >= 0.3 is 11.9 Å². The van der Waals surface area contributed by atoms with Crippen LogP contribution in [0.4, 0.5) is 0 Å². The summed E-state index contributed by atoms with van der Waals surface area (Å²) < 4.78 is 11.5. The third-order valence-electron chi connectivity index (χ3n) is 4.24. The molecule has 0 aliphatic heterocycles. The summed E-state index contributed by atoms with van der Waals surface area (Å²) in [6, 6.07) is 16.0. The highest BCUT2D eigenvalue weighted by molar-refractivity contribution is 5.96. The van der Waals surface area contributed by atoms with Crippen LogP contribution in [0.3, 0.4) is 0 Å². The van der Waals surface area contributed by atoms with Crippen molar-refractivity contribution in [3.05, 3.63) is 71.9 Å². The molecule has 0 amide bonds. The minimum atomic E-state index is -0.538. The van der Waals surface area contributed by atoms with Crippen LogP contribution in [0.2, 0.25) is 0 Å². The molecule has 0 fully saturated rings. The van der Waals surface area contributed by atoms with Crippen molar-refractivity contribution in [2.24, 2.45) is 0 Å². The van der Waals surface area contributed by atoms with Gasteiger partial charge in [0.2, 0.25) is 0 Å². The van der Waals surface area contributed by atoms with Crippen LogP contribution in [0.15, 0.2) is 60.8 Å². The first-order valence-electron chi connectivity index (χ1n) is 8.29. The smallest absolute Gasteiger partial charge is 0.339 e. The number of esters is 2. The Labute approximate surface area is 156 Å². The summed E-state index contributed by atoms with van der Waals surface area (Å²) in [5.41, 5.74) is 3.01. The highest BCUT2D eigenvalue weighted by atomic mass is 16.5. The van der Waals surface area contributed by atoms with Crippen LogP contribution in [-0.4, -0.2) is 35.8 Å². The van der Waals surface area contributed by atoms with Crippen LogP contribution < -0.4 is 0 Å². The molecule has 0 saturated carbocycles. The lowest BCUT2D eigenvalue weighted by atomic mass is 10.0. The van der Waals surface area contributed by atoms with Crippen molar-refractivity contribution in [1.82, 2.24) is 4.57 Å². The van der Waals surface area contributed by atoms with Gasteiger partial charge in [-0.3, -0.25) is 4.79 Å². The molecule has 0 spiro atoms. The topological polar surface area (TPSA) is 77.8 Å². The average Bonchev–Trinajstić information content (AvgIpc) is 3.07. The quantitative estimate of drug-likeness (QED) is 0.702. The molecular weight excluding hydrogens is 346 g/mol. The second kappa shape index (κ2) is 7.78. The molecule has 3 rings (SSSR count). The molecule has 0 saturated heterocycles. The van der Waals surface area contributed by atoms with Gasteiger partial charge in [0.15, 0.2) is 0 Å². The third-order valence-corrected chi connectivity index (χ3v) is 4.24. The monoisotopic (exact) mass is 365 g/mol. The number of benzene rings is 2. The fraction of sp³-hybridized carbons (Fsp3) is 0.143. The lowest BCUT2D eigenvalue weighted by Gasteiger charge is -2.12. The molecule has 6 heteroatoms. The molecular formula is C21H19NO5. The van der Waals surface area contributed by atoms with Gasteiger partial charge in [-0.2, -0.15) is 0 Å². The zero-order chi connectivity index (χ0) is 19.4. The van der Waals surface area contributed by atoms with E-state index >= 15 is 0 Å². The standard InChI is InChI=1S/C21H19NO5/c1-26-19(24)12-17-18(21(25)27-2)13-22(15-6-4-3-5-7-15)20(17)14-8-10-16(23)11-9-14/h3-11,13,23H,12H2,1-2H3. The van der Waals surface area contributed by atoms with Crippen LogP contribution in [0, 0.1) is 0 Å². The van der Waals surface area contributed by atoms with E-state index < -0.39 is 11.9 Å². The minimum Gasteiger partial charge on any atom is -0.508 e. The maximum Gasteiger partial charge on any atom is 0.339 e. The molecule has 1 N–H and O–H groups in total. The number of aromatic nitrogens is 1. The summed E-state index contributed by atoms with van der Waals surface area (Å²) in [6.45, 7) is 0. The number of phenols is 1. The summed E-state index contributed by atoms with van der Waals surface area (Å²) in [6.07, 6.45) is 1.57. The van der Waals surface area contributed by atoms with Gasteiger partial charge in [-0.1, -0.05) is 18.2 Å². The van der Waals surface area contributed by atoms with Crippen molar-refractivity contribution in [2.45, 2.75) is 6.42 Å². The van der Waals surface area contributed by atoms with Crippen LogP contribution in [0.1, 0.15) is 15.9 Å². The Morgan fingerprint density at radius 3 is 2.22 bits per heavy atom. The second-order valence-electron chi connectivity index (χ2n) is 5.87. The molecule has 0 atom stereocenters. The number of aromatic hydroxyl groups is 1. The lowest BCUT2D eigenvalue weighted by molar-refractivity contribution is -0.139. The number of carbonyl (C=O) groups excluding carboxylic acids is 2. The van der Waals surface area contributed by atoms with Gasteiger partial charge in [-0.05, 0) is 42.0 Å². The molecule has 0 unspecified atom stereocenters. The molecule has 1 aromatic heterocycles. The Bertz CT molecular complexity index is 958. The Balaban J connectivity index is 2.30. The van der Waals surface area contributed by atoms with Crippen LogP contribution >= 0.6 is 0 Å². The first kappa shape index (κ1) is 18.3. The summed E-state index contributed by atoms with van der Waals surface area (Å²) in [5, 5.41) is 9.62. The molecule has 0 aliphatic carbocycles. The van der Waals surface area contributed by atoms with E-state index in [2.05, 4.69) is 0 Å². The number of para-hydroxylation sites is 1. The summed E-state index contributed by atoms with van der Waals surface area (Å²) >= 11 is 0. The van der Waals surface area contributed by atoms with Crippen LogP contribution in [0.5, 0.6) is 5.75 Å².